The van der Waals surface area contributed by atoms with Crippen LogP contribution in [0.15, 0.2) is 50.1 Å². The SMILES string of the molecule is Cc1cc(Br)c(OC2CC(C(=O)O)C2)c(-c2cc(=O)c3cccc(Cl)c3o2)c1. The van der Waals surface area contributed by atoms with Gasteiger partial charge in [-0.2, -0.15) is 0 Å². The van der Waals surface area contributed by atoms with Crippen molar-refractivity contribution in [3.63, 3.8) is 0 Å². The normalized spacial score (nSPS) is 18.7. The monoisotopic (exact) mass is 462 g/mol. The molecule has 1 heterocycles. The number of benzene rings is 2. The number of carboxylic acid groups (broad SMARTS) is 1. The fraction of sp³-hybridized carbons (Fsp3) is 0.238. The molecule has 0 atom stereocenters. The Labute approximate surface area is 174 Å². The number of ether oxygens (including phenoxy) is 1. The standard InChI is InChI=1S/C21H16BrClO5/c1-10-5-14(18-9-17(24)13-3-2-4-16(23)20(13)28-18)19(15(22)6-10)27-12-7-11(8-12)21(25)26/h2-6,9,11-12H,7-8H2,1H3,(H,25,26). The maximum absolute atomic E-state index is 12.6. The number of aryl methyl sites for hydroxylation is 1. The number of halogens is 2. The quantitative estimate of drug-likeness (QED) is 0.558. The Morgan fingerprint density at radius 3 is 2.75 bits per heavy atom. The molecule has 1 saturated carbocycles. The van der Waals surface area contributed by atoms with Gasteiger partial charge in [-0.3, -0.25) is 9.59 Å². The third-order valence-corrected chi connectivity index (χ3v) is 5.78. The molecule has 7 heteroatoms. The predicted octanol–water partition coefficient (Wildman–Crippen LogP) is 5.43. The minimum absolute atomic E-state index is 0.197. The van der Waals surface area contributed by atoms with Crippen molar-refractivity contribution in [2.75, 3.05) is 0 Å². The van der Waals surface area contributed by atoms with Crippen molar-refractivity contribution in [1.29, 1.82) is 0 Å². The Morgan fingerprint density at radius 1 is 1.29 bits per heavy atom. The topological polar surface area (TPSA) is 76.7 Å². The van der Waals surface area contributed by atoms with Gasteiger partial charge in [0.15, 0.2) is 11.0 Å². The van der Waals surface area contributed by atoms with Gasteiger partial charge in [0, 0.05) is 6.07 Å². The largest absolute Gasteiger partial charge is 0.488 e. The maximum atomic E-state index is 12.6. The smallest absolute Gasteiger partial charge is 0.306 e. The number of hydrogen-bond donors (Lipinski definition) is 1. The summed E-state index contributed by atoms with van der Waals surface area (Å²) in [5.41, 5.74) is 1.69. The van der Waals surface area contributed by atoms with Crippen LogP contribution in [0, 0.1) is 12.8 Å². The highest BCUT2D eigenvalue weighted by Crippen LogP contribution is 2.42. The molecule has 5 nitrogen and oxygen atoms in total. The molecular weight excluding hydrogens is 448 g/mol. The molecule has 0 bridgehead atoms. The summed E-state index contributed by atoms with van der Waals surface area (Å²) in [5.74, 6) is -0.318. The summed E-state index contributed by atoms with van der Waals surface area (Å²) in [5, 5.41) is 9.84. The summed E-state index contributed by atoms with van der Waals surface area (Å²) in [4.78, 5) is 23.6. The third-order valence-electron chi connectivity index (χ3n) is 4.89. The summed E-state index contributed by atoms with van der Waals surface area (Å²) in [6.45, 7) is 1.92. The van der Waals surface area contributed by atoms with Gasteiger partial charge in [0.05, 0.1) is 26.4 Å². The van der Waals surface area contributed by atoms with Crippen LogP contribution < -0.4 is 10.2 Å². The molecule has 1 aliphatic rings. The lowest BCUT2D eigenvalue weighted by atomic mass is 9.82. The van der Waals surface area contributed by atoms with Crippen LogP contribution in [0.4, 0.5) is 0 Å². The molecule has 1 aromatic heterocycles. The summed E-state index contributed by atoms with van der Waals surface area (Å²) in [6, 6.07) is 10.2. The van der Waals surface area contributed by atoms with Gasteiger partial charge >= 0.3 is 5.97 Å². The average Bonchev–Trinajstić information content (AvgIpc) is 2.59. The average molecular weight is 464 g/mol. The van der Waals surface area contributed by atoms with E-state index in [2.05, 4.69) is 15.9 Å². The van der Waals surface area contributed by atoms with Crippen LogP contribution >= 0.6 is 27.5 Å². The number of carboxylic acids is 1. The van der Waals surface area contributed by atoms with Crippen LogP contribution in [0.5, 0.6) is 5.75 Å². The van der Waals surface area contributed by atoms with E-state index in [4.69, 9.17) is 25.9 Å². The van der Waals surface area contributed by atoms with Crippen LogP contribution in [-0.4, -0.2) is 17.2 Å². The van der Waals surface area contributed by atoms with Gasteiger partial charge in [0.1, 0.15) is 17.6 Å². The number of para-hydroxylation sites is 1. The summed E-state index contributed by atoms with van der Waals surface area (Å²) >= 11 is 9.74. The number of carbonyl (C=O) groups is 1. The molecule has 0 amide bonds. The Balaban J connectivity index is 1.80. The van der Waals surface area contributed by atoms with E-state index in [-0.39, 0.29) is 17.5 Å². The lowest BCUT2D eigenvalue weighted by molar-refractivity contribution is -0.147. The molecule has 1 aliphatic carbocycles. The van der Waals surface area contributed by atoms with E-state index in [9.17, 15) is 9.59 Å². The van der Waals surface area contributed by atoms with Crippen molar-refractivity contribution in [3.05, 3.63) is 61.7 Å². The lowest BCUT2D eigenvalue weighted by Gasteiger charge is -2.33. The Kier molecular flexibility index (Phi) is 4.93. The minimum Gasteiger partial charge on any atom is -0.488 e. The van der Waals surface area contributed by atoms with Crippen molar-refractivity contribution in [2.45, 2.75) is 25.9 Å². The van der Waals surface area contributed by atoms with Gasteiger partial charge in [-0.05, 0) is 65.5 Å². The second-order valence-electron chi connectivity index (χ2n) is 6.96. The molecule has 144 valence electrons. The molecule has 0 aliphatic heterocycles. The van der Waals surface area contributed by atoms with Crippen LogP contribution in [0.25, 0.3) is 22.3 Å². The molecule has 4 rings (SSSR count). The van der Waals surface area contributed by atoms with Gasteiger partial charge in [0.25, 0.3) is 0 Å². The van der Waals surface area contributed by atoms with E-state index in [1.165, 1.54) is 6.07 Å². The van der Waals surface area contributed by atoms with Crippen molar-refractivity contribution in [3.8, 4) is 17.1 Å². The summed E-state index contributed by atoms with van der Waals surface area (Å²) < 4.78 is 12.8. The molecule has 2 aromatic carbocycles. The fourth-order valence-electron chi connectivity index (χ4n) is 3.34. The van der Waals surface area contributed by atoms with E-state index in [1.54, 1.807) is 18.2 Å². The molecule has 0 unspecified atom stereocenters. The number of aliphatic carboxylic acids is 1. The van der Waals surface area contributed by atoms with E-state index in [1.807, 2.05) is 19.1 Å². The maximum Gasteiger partial charge on any atom is 0.306 e. The van der Waals surface area contributed by atoms with E-state index >= 15 is 0 Å². The zero-order valence-electron chi connectivity index (χ0n) is 14.9. The number of rotatable bonds is 4. The van der Waals surface area contributed by atoms with Gasteiger partial charge < -0.3 is 14.3 Å². The van der Waals surface area contributed by atoms with Gasteiger partial charge in [-0.15, -0.1) is 0 Å². The van der Waals surface area contributed by atoms with Crippen molar-refractivity contribution < 1.29 is 19.1 Å². The zero-order valence-corrected chi connectivity index (χ0v) is 17.2. The minimum atomic E-state index is -0.807. The van der Waals surface area contributed by atoms with Crippen LogP contribution in [0.3, 0.4) is 0 Å². The molecule has 0 radical (unpaired) electrons. The van der Waals surface area contributed by atoms with Crippen LogP contribution in [-0.2, 0) is 4.79 Å². The van der Waals surface area contributed by atoms with Crippen molar-refractivity contribution >= 4 is 44.5 Å². The highest BCUT2D eigenvalue weighted by Gasteiger charge is 2.37. The van der Waals surface area contributed by atoms with E-state index < -0.39 is 5.97 Å². The molecule has 1 fully saturated rings. The second kappa shape index (κ2) is 7.26. The summed E-state index contributed by atoms with van der Waals surface area (Å²) in [7, 11) is 0. The first-order valence-corrected chi connectivity index (χ1v) is 9.93. The van der Waals surface area contributed by atoms with Gasteiger partial charge in [-0.1, -0.05) is 17.7 Å². The molecule has 28 heavy (non-hydrogen) atoms. The molecular formula is C21H16BrClO5. The summed E-state index contributed by atoms with van der Waals surface area (Å²) in [6.07, 6.45) is 0.695. The second-order valence-corrected chi connectivity index (χ2v) is 8.22. The van der Waals surface area contributed by atoms with E-state index in [0.717, 1.165) is 5.56 Å². The Morgan fingerprint density at radius 2 is 2.04 bits per heavy atom. The van der Waals surface area contributed by atoms with Crippen LogP contribution in [0.2, 0.25) is 5.02 Å². The highest BCUT2D eigenvalue weighted by molar-refractivity contribution is 9.10. The van der Waals surface area contributed by atoms with Gasteiger partial charge in [-0.25, -0.2) is 0 Å². The van der Waals surface area contributed by atoms with Crippen molar-refractivity contribution in [1.82, 2.24) is 0 Å². The first-order chi connectivity index (χ1) is 13.3. The highest BCUT2D eigenvalue weighted by atomic mass is 79.9. The van der Waals surface area contributed by atoms with Crippen molar-refractivity contribution in [2.24, 2.45) is 5.92 Å². The molecule has 1 N–H and O–H groups in total. The first-order valence-electron chi connectivity index (χ1n) is 8.76. The van der Waals surface area contributed by atoms with E-state index in [0.29, 0.717) is 50.4 Å². The predicted molar refractivity (Wildman–Crippen MR) is 110 cm³/mol. The lowest BCUT2D eigenvalue weighted by Crippen LogP contribution is -2.38. The third kappa shape index (κ3) is 3.42. The fourth-order valence-corrected chi connectivity index (χ4v) is 4.22. The first kappa shape index (κ1) is 19.0. The van der Waals surface area contributed by atoms with Crippen LogP contribution in [0.1, 0.15) is 18.4 Å². The number of fused-ring (bicyclic) bond motifs is 1. The van der Waals surface area contributed by atoms with Gasteiger partial charge in [0.2, 0.25) is 0 Å². The molecule has 3 aromatic rings. The zero-order chi connectivity index (χ0) is 20.0. The molecule has 0 spiro atoms. The molecule has 0 saturated heterocycles. The Hall–Kier alpha value is -2.31. The Bertz CT molecular complexity index is 1150. The number of hydrogen-bond acceptors (Lipinski definition) is 4.